The van der Waals surface area contributed by atoms with E-state index in [9.17, 15) is 22.4 Å². The van der Waals surface area contributed by atoms with Crippen LogP contribution in [0.5, 0.6) is 0 Å². The highest BCUT2D eigenvalue weighted by atomic mass is 32.1. The largest absolute Gasteiger partial charge is 0.347 e. The van der Waals surface area contributed by atoms with E-state index in [2.05, 4.69) is 10.4 Å². The predicted octanol–water partition coefficient (Wildman–Crippen LogP) is 4.25. The average Bonchev–Trinajstić information content (AvgIpc) is 3.26. The molecule has 0 spiro atoms. The molecule has 5 nitrogen and oxygen atoms in total. The fourth-order valence-corrected chi connectivity index (χ4v) is 4.80. The highest BCUT2D eigenvalue weighted by Crippen LogP contribution is 2.33. The number of alkyl halides is 2. The highest BCUT2D eigenvalue weighted by Gasteiger charge is 2.26. The molecule has 3 aromatic rings. The Hall–Kier alpha value is -2.46. The minimum Gasteiger partial charge on any atom is -0.347 e. The Morgan fingerprint density at radius 1 is 1.33 bits per heavy atom. The van der Waals surface area contributed by atoms with Crippen molar-refractivity contribution in [2.45, 2.75) is 31.9 Å². The Bertz CT molecular complexity index is 1060. The summed E-state index contributed by atoms with van der Waals surface area (Å²) in [4.78, 5) is 15.4. The van der Waals surface area contributed by atoms with Crippen molar-refractivity contribution in [2.75, 3.05) is 13.1 Å². The molecule has 1 fully saturated rings. The lowest BCUT2D eigenvalue weighted by Crippen LogP contribution is -2.47. The van der Waals surface area contributed by atoms with E-state index in [4.69, 9.17) is 0 Å². The van der Waals surface area contributed by atoms with Gasteiger partial charge in [-0.2, -0.15) is 5.10 Å². The van der Waals surface area contributed by atoms with E-state index in [-0.39, 0.29) is 35.1 Å². The normalized spacial score (nSPS) is 17.7. The number of halogens is 4. The van der Waals surface area contributed by atoms with Crippen molar-refractivity contribution in [1.82, 2.24) is 20.0 Å². The molecule has 10 heteroatoms. The topological polar surface area (TPSA) is 50.2 Å². The van der Waals surface area contributed by atoms with Gasteiger partial charge in [0.05, 0.1) is 4.88 Å². The Labute approximate surface area is 174 Å². The molecule has 0 saturated carbocycles. The second-order valence-corrected chi connectivity index (χ2v) is 8.42. The van der Waals surface area contributed by atoms with Gasteiger partial charge in [0.25, 0.3) is 12.3 Å². The Morgan fingerprint density at radius 3 is 2.77 bits per heavy atom. The number of aromatic nitrogens is 2. The first-order valence-corrected chi connectivity index (χ1v) is 10.4. The third kappa shape index (κ3) is 4.06. The number of hydrogen-bond donors (Lipinski definition) is 1. The minimum absolute atomic E-state index is 0.0148. The van der Waals surface area contributed by atoms with Crippen LogP contribution < -0.4 is 5.32 Å². The van der Waals surface area contributed by atoms with Gasteiger partial charge in [-0.25, -0.2) is 17.6 Å². The number of thiophene rings is 1. The summed E-state index contributed by atoms with van der Waals surface area (Å²) in [5, 5.41) is 7.01. The molecule has 30 heavy (non-hydrogen) atoms. The number of likely N-dealkylation sites (tertiary alicyclic amines) is 1. The van der Waals surface area contributed by atoms with Gasteiger partial charge in [0.15, 0.2) is 0 Å². The maximum absolute atomic E-state index is 13.9. The van der Waals surface area contributed by atoms with Gasteiger partial charge in [-0.3, -0.25) is 14.4 Å². The van der Waals surface area contributed by atoms with E-state index in [0.717, 1.165) is 24.2 Å². The van der Waals surface area contributed by atoms with Gasteiger partial charge in [-0.05, 0) is 37.6 Å². The number of piperidine rings is 1. The Kier molecular flexibility index (Phi) is 5.79. The molecular weight excluding hydrogens is 420 g/mol. The summed E-state index contributed by atoms with van der Waals surface area (Å²) < 4.78 is 55.5. The smallest absolute Gasteiger partial charge is 0.282 e. The summed E-state index contributed by atoms with van der Waals surface area (Å²) in [6.07, 6.45) is -1.21. The Balaban J connectivity index is 1.44. The number of nitrogens with one attached hydrogen (secondary N) is 1. The van der Waals surface area contributed by atoms with Crippen molar-refractivity contribution in [3.63, 3.8) is 0 Å². The summed E-state index contributed by atoms with van der Waals surface area (Å²) in [5.41, 5.74) is -0.320. The van der Waals surface area contributed by atoms with Gasteiger partial charge in [-0.15, -0.1) is 11.3 Å². The predicted molar refractivity (Wildman–Crippen MR) is 106 cm³/mol. The van der Waals surface area contributed by atoms with Crippen molar-refractivity contribution < 1.29 is 22.4 Å². The van der Waals surface area contributed by atoms with Gasteiger partial charge in [0.2, 0.25) is 0 Å². The van der Waals surface area contributed by atoms with Gasteiger partial charge in [0.1, 0.15) is 22.2 Å². The van der Waals surface area contributed by atoms with E-state index < -0.39 is 18.1 Å². The van der Waals surface area contributed by atoms with Crippen molar-refractivity contribution >= 4 is 27.5 Å². The Morgan fingerprint density at radius 2 is 2.07 bits per heavy atom. The molecule has 1 amide bonds. The zero-order chi connectivity index (χ0) is 21.4. The first-order chi connectivity index (χ1) is 14.3. The van der Waals surface area contributed by atoms with Crippen LogP contribution in [0.3, 0.4) is 0 Å². The van der Waals surface area contributed by atoms with Crippen LogP contribution in [-0.2, 0) is 13.6 Å². The van der Waals surface area contributed by atoms with Gasteiger partial charge >= 0.3 is 0 Å². The van der Waals surface area contributed by atoms with Crippen LogP contribution in [0.25, 0.3) is 10.2 Å². The van der Waals surface area contributed by atoms with Crippen molar-refractivity contribution in [2.24, 2.45) is 7.05 Å². The summed E-state index contributed by atoms with van der Waals surface area (Å²) in [7, 11) is 1.56. The quantitative estimate of drug-likeness (QED) is 0.604. The number of nitrogens with zero attached hydrogens (tertiary/aromatic N) is 3. The fourth-order valence-electron chi connectivity index (χ4n) is 3.82. The number of rotatable bonds is 5. The van der Waals surface area contributed by atoms with Crippen LogP contribution in [0.1, 0.15) is 40.2 Å². The zero-order valence-corrected chi connectivity index (χ0v) is 17.0. The molecule has 1 aliphatic heterocycles. The number of hydrogen-bond acceptors (Lipinski definition) is 4. The second-order valence-electron chi connectivity index (χ2n) is 7.39. The van der Waals surface area contributed by atoms with Crippen LogP contribution in [0, 0.1) is 11.6 Å². The molecular formula is C20H20F4N4OS. The molecule has 4 rings (SSSR count). The molecule has 1 unspecified atom stereocenters. The molecule has 3 heterocycles. The molecule has 160 valence electrons. The summed E-state index contributed by atoms with van der Waals surface area (Å²) in [5.74, 6) is -1.52. The first kappa shape index (κ1) is 20.8. The lowest BCUT2D eigenvalue weighted by atomic mass is 10.0. The summed E-state index contributed by atoms with van der Waals surface area (Å²) in [6, 6.07) is 5.03. The van der Waals surface area contributed by atoms with Gasteiger partial charge in [0, 0.05) is 37.1 Å². The molecule has 1 atom stereocenters. The SMILES string of the molecule is Cn1nc(C(F)F)c2cc(C(=O)NC3CCCN(Cc4c(F)cccc4F)C3)sc21. The average molecular weight is 440 g/mol. The van der Waals surface area contributed by atoms with Crippen molar-refractivity contribution in [3.05, 3.63) is 52.0 Å². The summed E-state index contributed by atoms with van der Waals surface area (Å²) in [6.45, 7) is 1.25. The van der Waals surface area contributed by atoms with Crippen LogP contribution in [0.4, 0.5) is 17.6 Å². The highest BCUT2D eigenvalue weighted by molar-refractivity contribution is 7.20. The van der Waals surface area contributed by atoms with E-state index in [1.165, 1.54) is 28.9 Å². The van der Waals surface area contributed by atoms with Crippen LogP contribution in [-0.4, -0.2) is 39.7 Å². The number of carbonyl (C=O) groups is 1. The molecule has 0 bridgehead atoms. The second kappa shape index (κ2) is 8.35. The van der Waals surface area contributed by atoms with Crippen molar-refractivity contribution in [3.8, 4) is 0 Å². The number of benzene rings is 1. The molecule has 1 N–H and O–H groups in total. The third-order valence-electron chi connectivity index (χ3n) is 5.25. The summed E-state index contributed by atoms with van der Waals surface area (Å²) >= 11 is 1.11. The number of aryl methyl sites for hydroxylation is 1. The molecule has 1 saturated heterocycles. The van der Waals surface area contributed by atoms with Gasteiger partial charge in [-0.1, -0.05) is 6.07 Å². The van der Waals surface area contributed by atoms with E-state index in [1.807, 2.05) is 4.90 Å². The molecule has 1 aliphatic rings. The van der Waals surface area contributed by atoms with Crippen LogP contribution >= 0.6 is 11.3 Å². The molecule has 1 aromatic carbocycles. The van der Waals surface area contributed by atoms with Gasteiger partial charge < -0.3 is 5.32 Å². The standard InChI is InChI=1S/C20H20F4N4OS/c1-27-20-12(17(26-27)18(23)24)8-16(30-20)19(29)25-11-4-3-7-28(9-11)10-13-14(21)5-2-6-15(13)22/h2,5-6,8,11,18H,3-4,7,9-10H2,1H3,(H,25,29). The minimum atomic E-state index is -2.72. The number of fused-ring (bicyclic) bond motifs is 1. The van der Waals surface area contributed by atoms with E-state index in [0.29, 0.717) is 22.8 Å². The van der Waals surface area contributed by atoms with Crippen LogP contribution in [0.15, 0.2) is 24.3 Å². The maximum atomic E-state index is 13.9. The van der Waals surface area contributed by atoms with E-state index in [1.54, 1.807) is 7.05 Å². The molecule has 2 aromatic heterocycles. The number of carbonyl (C=O) groups excluding carboxylic acids is 1. The monoisotopic (exact) mass is 440 g/mol. The third-order valence-corrected chi connectivity index (χ3v) is 6.46. The number of amides is 1. The molecule has 0 aliphatic carbocycles. The zero-order valence-electron chi connectivity index (χ0n) is 16.2. The molecule has 0 radical (unpaired) electrons. The van der Waals surface area contributed by atoms with Crippen LogP contribution in [0.2, 0.25) is 0 Å². The lowest BCUT2D eigenvalue weighted by Gasteiger charge is -2.33. The van der Waals surface area contributed by atoms with Crippen molar-refractivity contribution in [1.29, 1.82) is 0 Å². The lowest BCUT2D eigenvalue weighted by molar-refractivity contribution is 0.0903. The maximum Gasteiger partial charge on any atom is 0.282 e. The fraction of sp³-hybridized carbons (Fsp3) is 0.400. The first-order valence-electron chi connectivity index (χ1n) is 9.54. The van der Waals surface area contributed by atoms with E-state index >= 15 is 0 Å².